The van der Waals surface area contributed by atoms with Gasteiger partial charge in [0.05, 0.1) is 14.7 Å². The Morgan fingerprint density at radius 2 is 1.91 bits per heavy atom. The molecular formula is C22H15N3O5S3. The number of benzene rings is 2. The molecule has 3 aromatic rings. The van der Waals surface area contributed by atoms with Crippen LogP contribution in [0.4, 0.5) is 5.69 Å². The molecule has 8 nitrogen and oxygen atoms in total. The molecule has 0 saturated carbocycles. The Morgan fingerprint density at radius 1 is 1.15 bits per heavy atom. The minimum absolute atomic E-state index is 0.00680. The van der Waals surface area contributed by atoms with Crippen LogP contribution in [-0.4, -0.2) is 26.1 Å². The molecule has 2 amide bonds. The lowest BCUT2D eigenvalue weighted by Crippen LogP contribution is -2.44. The SMILES string of the molecule is O=C(NN1C(=O)/C(=C/c2ccccc2OCc2ccc([N+](=O)[O-])cc2)SC1=S)c1cccs1. The first-order valence-electron chi connectivity index (χ1n) is 9.50. The highest BCUT2D eigenvalue weighted by atomic mass is 32.2. The average molecular weight is 498 g/mol. The predicted octanol–water partition coefficient (Wildman–Crippen LogP) is 4.78. The maximum Gasteiger partial charge on any atom is 0.285 e. The Labute approximate surface area is 202 Å². The number of nitrogens with zero attached hydrogens (tertiary/aromatic N) is 2. The molecular weight excluding hydrogens is 482 g/mol. The maximum atomic E-state index is 12.8. The number of nitrogens with one attached hydrogen (secondary N) is 1. The highest BCUT2D eigenvalue weighted by Crippen LogP contribution is 2.33. The van der Waals surface area contributed by atoms with Crippen molar-refractivity contribution in [2.75, 3.05) is 0 Å². The van der Waals surface area contributed by atoms with E-state index in [1.807, 2.05) is 6.07 Å². The van der Waals surface area contributed by atoms with E-state index >= 15 is 0 Å². The monoisotopic (exact) mass is 497 g/mol. The normalized spacial score (nSPS) is 14.5. The molecule has 0 atom stereocenters. The van der Waals surface area contributed by atoms with E-state index in [4.69, 9.17) is 17.0 Å². The fourth-order valence-corrected chi connectivity index (χ4v) is 4.66. The van der Waals surface area contributed by atoms with E-state index < -0.39 is 16.7 Å². The van der Waals surface area contributed by atoms with Gasteiger partial charge in [-0.1, -0.05) is 36.0 Å². The third-order valence-electron chi connectivity index (χ3n) is 4.50. The molecule has 33 heavy (non-hydrogen) atoms. The van der Waals surface area contributed by atoms with Gasteiger partial charge in [-0.05, 0) is 53.5 Å². The van der Waals surface area contributed by atoms with Crippen molar-refractivity contribution in [1.29, 1.82) is 0 Å². The lowest BCUT2D eigenvalue weighted by atomic mass is 10.1. The summed E-state index contributed by atoms with van der Waals surface area (Å²) in [5, 5.41) is 13.6. The third kappa shape index (κ3) is 5.28. The van der Waals surface area contributed by atoms with Crippen LogP contribution in [0, 0.1) is 10.1 Å². The van der Waals surface area contributed by atoms with Gasteiger partial charge in [0.25, 0.3) is 17.5 Å². The second-order valence-electron chi connectivity index (χ2n) is 6.69. The standard InChI is InChI=1S/C22H15N3O5S3/c26-20(18-6-3-11-32-18)23-24-21(27)19(33-22(24)31)12-15-4-1-2-5-17(15)30-13-14-7-9-16(10-8-14)25(28)29/h1-12H,13H2,(H,23,26)/b19-12-. The number of rotatable bonds is 7. The molecule has 0 unspecified atom stereocenters. The van der Waals surface area contributed by atoms with Crippen molar-refractivity contribution in [3.8, 4) is 5.75 Å². The number of nitro groups is 1. The first-order valence-corrected chi connectivity index (χ1v) is 11.6. The summed E-state index contributed by atoms with van der Waals surface area (Å²) in [6, 6.07) is 16.7. The van der Waals surface area contributed by atoms with Crippen LogP contribution in [0.25, 0.3) is 6.08 Å². The Kier molecular flexibility index (Phi) is 6.82. The Balaban J connectivity index is 1.47. The summed E-state index contributed by atoms with van der Waals surface area (Å²) in [5.74, 6) is -0.307. The molecule has 166 valence electrons. The summed E-state index contributed by atoms with van der Waals surface area (Å²) in [4.78, 5) is 36.3. The number of hydrogen-bond acceptors (Lipinski definition) is 8. The molecule has 0 spiro atoms. The average Bonchev–Trinajstić information content (AvgIpc) is 3.44. The number of non-ortho nitro benzene ring substituents is 1. The number of hydrazine groups is 1. The molecule has 1 N–H and O–H groups in total. The van der Waals surface area contributed by atoms with Crippen LogP contribution in [0.15, 0.2) is 70.9 Å². The second kappa shape index (κ2) is 9.94. The van der Waals surface area contributed by atoms with Crippen molar-refractivity contribution < 1.29 is 19.2 Å². The molecule has 4 rings (SSSR count). The van der Waals surface area contributed by atoms with E-state index in [9.17, 15) is 19.7 Å². The van der Waals surface area contributed by atoms with Crippen molar-refractivity contribution in [2.24, 2.45) is 0 Å². The first-order chi connectivity index (χ1) is 15.9. The first kappa shape index (κ1) is 22.6. The van der Waals surface area contributed by atoms with Crippen LogP contribution < -0.4 is 10.2 Å². The minimum Gasteiger partial charge on any atom is -0.488 e. The highest BCUT2D eigenvalue weighted by molar-refractivity contribution is 8.26. The van der Waals surface area contributed by atoms with Gasteiger partial charge in [0.15, 0.2) is 4.32 Å². The number of thioether (sulfide) groups is 1. The minimum atomic E-state index is -0.459. The van der Waals surface area contributed by atoms with Crippen molar-refractivity contribution in [1.82, 2.24) is 10.4 Å². The van der Waals surface area contributed by atoms with E-state index in [1.165, 1.54) is 23.5 Å². The van der Waals surface area contributed by atoms with Gasteiger partial charge in [-0.3, -0.25) is 25.1 Å². The van der Waals surface area contributed by atoms with Crippen molar-refractivity contribution in [3.63, 3.8) is 0 Å². The molecule has 1 aliphatic rings. The number of hydrogen-bond donors (Lipinski definition) is 1. The summed E-state index contributed by atoms with van der Waals surface area (Å²) in [5.41, 5.74) is 3.97. The molecule has 1 aromatic heterocycles. The lowest BCUT2D eigenvalue weighted by Gasteiger charge is -2.14. The molecule has 2 aromatic carbocycles. The van der Waals surface area contributed by atoms with Gasteiger partial charge < -0.3 is 4.74 Å². The van der Waals surface area contributed by atoms with Gasteiger partial charge in [-0.25, -0.2) is 0 Å². The zero-order chi connectivity index (χ0) is 23.4. The molecule has 0 radical (unpaired) electrons. The molecule has 1 fully saturated rings. The Hall–Kier alpha value is -3.54. The van der Waals surface area contributed by atoms with Gasteiger partial charge in [0, 0.05) is 17.7 Å². The third-order valence-corrected chi connectivity index (χ3v) is 6.67. The van der Waals surface area contributed by atoms with Crippen molar-refractivity contribution >= 4 is 63.2 Å². The summed E-state index contributed by atoms with van der Waals surface area (Å²) in [6.07, 6.45) is 1.65. The van der Waals surface area contributed by atoms with Crippen LogP contribution in [-0.2, 0) is 11.4 Å². The number of carbonyl (C=O) groups is 2. The van der Waals surface area contributed by atoms with E-state index in [0.717, 1.165) is 22.3 Å². The summed E-state index contributed by atoms with van der Waals surface area (Å²) in [7, 11) is 0. The molecule has 0 bridgehead atoms. The van der Waals surface area contributed by atoms with Gasteiger partial charge in [0.2, 0.25) is 0 Å². The lowest BCUT2D eigenvalue weighted by molar-refractivity contribution is -0.384. The zero-order valence-electron chi connectivity index (χ0n) is 16.8. The van der Waals surface area contributed by atoms with Gasteiger partial charge in [-0.2, -0.15) is 5.01 Å². The number of ether oxygens (including phenoxy) is 1. The predicted molar refractivity (Wildman–Crippen MR) is 131 cm³/mol. The number of nitro benzene ring substituents is 1. The zero-order valence-corrected chi connectivity index (χ0v) is 19.2. The summed E-state index contributed by atoms with van der Waals surface area (Å²) >= 11 is 7.62. The Bertz CT molecular complexity index is 1260. The summed E-state index contributed by atoms with van der Waals surface area (Å²) in [6.45, 7) is 0.195. The van der Waals surface area contributed by atoms with E-state index in [0.29, 0.717) is 21.1 Å². The van der Waals surface area contributed by atoms with Crippen LogP contribution >= 0.6 is 35.3 Å². The fraction of sp³-hybridized carbons (Fsp3) is 0.0455. The second-order valence-corrected chi connectivity index (χ2v) is 9.31. The number of thiocarbonyl (C=S) groups is 1. The summed E-state index contributed by atoms with van der Waals surface area (Å²) < 4.78 is 6.11. The van der Waals surface area contributed by atoms with Gasteiger partial charge >= 0.3 is 0 Å². The van der Waals surface area contributed by atoms with Crippen LogP contribution in [0.3, 0.4) is 0 Å². The van der Waals surface area contributed by atoms with Crippen LogP contribution in [0.1, 0.15) is 20.8 Å². The van der Waals surface area contributed by atoms with Gasteiger partial charge in [0.1, 0.15) is 12.4 Å². The largest absolute Gasteiger partial charge is 0.488 e. The quantitative estimate of drug-likeness (QED) is 0.217. The smallest absolute Gasteiger partial charge is 0.285 e. The number of amides is 2. The molecule has 1 saturated heterocycles. The highest BCUT2D eigenvalue weighted by Gasteiger charge is 2.34. The molecule has 1 aliphatic heterocycles. The van der Waals surface area contributed by atoms with Crippen LogP contribution in [0.5, 0.6) is 5.75 Å². The number of para-hydroxylation sites is 1. The number of thiophene rings is 1. The fourth-order valence-electron chi connectivity index (χ4n) is 2.88. The molecule has 2 heterocycles. The van der Waals surface area contributed by atoms with Gasteiger partial charge in [-0.15, -0.1) is 11.3 Å². The molecule has 11 heteroatoms. The molecule has 0 aliphatic carbocycles. The van der Waals surface area contributed by atoms with Crippen molar-refractivity contribution in [3.05, 3.63) is 97.1 Å². The van der Waals surface area contributed by atoms with E-state index in [1.54, 1.807) is 53.9 Å². The van der Waals surface area contributed by atoms with Crippen molar-refractivity contribution in [2.45, 2.75) is 6.61 Å². The maximum absolute atomic E-state index is 12.8. The topological polar surface area (TPSA) is 102 Å². The number of carbonyl (C=O) groups excluding carboxylic acids is 2. The Morgan fingerprint density at radius 3 is 2.61 bits per heavy atom. The van der Waals surface area contributed by atoms with E-state index in [2.05, 4.69) is 5.43 Å². The van der Waals surface area contributed by atoms with Crippen LogP contribution in [0.2, 0.25) is 0 Å². The van der Waals surface area contributed by atoms with E-state index in [-0.39, 0.29) is 16.6 Å².